The van der Waals surface area contributed by atoms with Gasteiger partial charge in [0.1, 0.15) is 0 Å². The molecule has 7 heavy (non-hydrogen) atoms. The number of nitrogens with two attached hydrogens (primary N) is 1. The third kappa shape index (κ3) is 0.637. The fourth-order valence-electron chi connectivity index (χ4n) is 0.190. The van der Waals surface area contributed by atoms with Gasteiger partial charge in [0, 0.05) is 0 Å². The molecule has 0 saturated heterocycles. The quantitative estimate of drug-likeness (QED) is 0.425. The molecule has 0 amide bonds. The summed E-state index contributed by atoms with van der Waals surface area (Å²) in [6.45, 7) is 0. The third-order valence-electron chi connectivity index (χ3n) is 0.477. The highest BCUT2D eigenvalue weighted by Gasteiger charge is 1.89. The van der Waals surface area contributed by atoms with Crippen LogP contribution in [0.4, 0.5) is 5.95 Å². The van der Waals surface area contributed by atoms with Crippen molar-refractivity contribution < 1.29 is 0 Å². The summed E-state index contributed by atoms with van der Waals surface area (Å²) in [5, 5.41) is 9.81. The molecule has 0 fully saturated rings. The van der Waals surface area contributed by atoms with Gasteiger partial charge < -0.3 is 5.73 Å². The Labute approximate surface area is 45.0 Å². The second-order valence-corrected chi connectivity index (χ2v) is 1.31. The number of hydrogen-bond donors (Lipinski definition) is 2. The molecule has 1 aromatic heterocycles. The van der Waals surface area contributed by atoms with Gasteiger partial charge in [-0.05, 0) is 23.2 Å². The molecule has 2 N–H and O–H groups in total. The summed E-state index contributed by atoms with van der Waals surface area (Å²) in [5.41, 5.74) is 5.09. The first-order valence-corrected chi connectivity index (χ1v) is 1.94. The molecule has 1 heterocycles. The van der Waals surface area contributed by atoms with E-state index in [-0.39, 0.29) is 5.95 Å². The number of anilines is 1. The summed E-state index contributed by atoms with van der Waals surface area (Å²) in [6.07, 6.45) is 0. The lowest BCUT2D eigenvalue weighted by Crippen LogP contribution is -1.92. The van der Waals surface area contributed by atoms with Gasteiger partial charge >= 0.3 is 0 Å². The van der Waals surface area contributed by atoms with Crippen molar-refractivity contribution in [2.24, 2.45) is 0 Å². The van der Waals surface area contributed by atoms with Crippen molar-refractivity contribution in [3.63, 3.8) is 0 Å². The minimum atomic E-state index is 0.198. The molecule has 1 rings (SSSR count). The predicted molar refractivity (Wildman–Crippen MR) is 26.6 cm³/mol. The molecule has 0 atom stereocenters. The fourth-order valence-corrected chi connectivity index (χ4v) is 0.265. The largest absolute Gasteiger partial charge is 0.366 e. The molecule has 5 nitrogen and oxygen atoms in total. The average Bonchev–Trinajstić information content (AvgIpc) is 1.91. The van der Waals surface area contributed by atoms with Gasteiger partial charge in [-0.3, -0.25) is 0 Å². The summed E-state index contributed by atoms with van der Waals surface area (Å²) < 4.78 is 1.08. The lowest BCUT2D eigenvalue weighted by molar-refractivity contribution is 0.857. The lowest BCUT2D eigenvalue weighted by Gasteiger charge is -1.80. The molecule has 0 radical (unpaired) electrons. The van der Waals surface area contributed by atoms with Gasteiger partial charge in [0.25, 0.3) is 5.95 Å². The molecule has 0 aromatic carbocycles. The fraction of sp³-hybridized carbons (Fsp3) is 0. The molecule has 0 unspecified atom stereocenters. The lowest BCUT2D eigenvalue weighted by atomic mass is 11.2. The van der Waals surface area contributed by atoms with Crippen LogP contribution in [0.25, 0.3) is 0 Å². The highest BCUT2D eigenvalue weighted by atomic mass is 32.1. The summed E-state index contributed by atoms with van der Waals surface area (Å²) >= 11 is 3.70. The van der Waals surface area contributed by atoms with Crippen LogP contribution in [0.15, 0.2) is 0 Å². The van der Waals surface area contributed by atoms with E-state index in [4.69, 9.17) is 5.73 Å². The highest BCUT2D eigenvalue weighted by Crippen LogP contribution is 1.89. The Hall–Kier alpha value is -0.780. The topological polar surface area (TPSA) is 69.6 Å². The van der Waals surface area contributed by atoms with Crippen molar-refractivity contribution >= 4 is 18.8 Å². The third-order valence-corrected chi connectivity index (χ3v) is 0.762. The van der Waals surface area contributed by atoms with Crippen LogP contribution >= 0.6 is 12.8 Å². The molecule has 6 heteroatoms. The summed E-state index contributed by atoms with van der Waals surface area (Å²) in [4.78, 5) is 0. The van der Waals surface area contributed by atoms with E-state index < -0.39 is 0 Å². The van der Waals surface area contributed by atoms with E-state index in [0.717, 1.165) is 4.09 Å². The van der Waals surface area contributed by atoms with Gasteiger partial charge in [-0.2, -0.15) is 4.09 Å². The normalized spacial score (nSPS) is 9.29. The van der Waals surface area contributed by atoms with Crippen LogP contribution in [0.5, 0.6) is 0 Å². The molecule has 0 aliphatic carbocycles. The van der Waals surface area contributed by atoms with Crippen LogP contribution in [-0.2, 0) is 0 Å². The van der Waals surface area contributed by atoms with Crippen LogP contribution in [0, 0.1) is 0 Å². The summed E-state index contributed by atoms with van der Waals surface area (Å²) in [7, 11) is 0. The van der Waals surface area contributed by atoms with Crippen molar-refractivity contribution in [3.05, 3.63) is 0 Å². The van der Waals surface area contributed by atoms with Gasteiger partial charge in [-0.1, -0.05) is 5.10 Å². The number of nitrogen functional groups attached to an aromatic ring is 1. The Morgan fingerprint density at radius 2 is 2.43 bits per heavy atom. The van der Waals surface area contributed by atoms with Crippen molar-refractivity contribution in [1.29, 1.82) is 0 Å². The smallest absolute Gasteiger partial charge is 0.250 e. The number of nitrogens with zero attached hydrogens (tertiary/aromatic N) is 4. The number of tetrazole rings is 1. The maximum atomic E-state index is 5.09. The molecule has 38 valence electrons. The Morgan fingerprint density at radius 3 is 2.57 bits per heavy atom. The predicted octanol–water partition coefficient (Wildman–Crippen LogP) is -1.05. The first-order valence-electron chi connectivity index (χ1n) is 1.54. The van der Waals surface area contributed by atoms with Gasteiger partial charge in [0.2, 0.25) is 0 Å². The second-order valence-electron chi connectivity index (χ2n) is 0.927. The monoisotopic (exact) mass is 117 g/mol. The first kappa shape index (κ1) is 4.38. The highest BCUT2D eigenvalue weighted by molar-refractivity contribution is 7.78. The molecule has 0 spiro atoms. The van der Waals surface area contributed by atoms with E-state index >= 15 is 0 Å². The molecule has 1 aromatic rings. The zero-order valence-electron chi connectivity index (χ0n) is 3.31. The van der Waals surface area contributed by atoms with Crippen LogP contribution in [-0.4, -0.2) is 19.6 Å². The van der Waals surface area contributed by atoms with Crippen LogP contribution < -0.4 is 5.73 Å². The molecule has 0 aliphatic heterocycles. The number of thiol groups is 1. The average molecular weight is 117 g/mol. The van der Waals surface area contributed by atoms with Gasteiger partial charge in [-0.25, -0.2) is 0 Å². The number of aromatic nitrogens is 4. The minimum absolute atomic E-state index is 0.198. The van der Waals surface area contributed by atoms with Crippen LogP contribution in [0.2, 0.25) is 0 Å². The maximum absolute atomic E-state index is 5.09. The van der Waals surface area contributed by atoms with Gasteiger partial charge in [-0.15, -0.1) is 0 Å². The molecule has 0 aliphatic rings. The Kier molecular flexibility index (Phi) is 0.861. The summed E-state index contributed by atoms with van der Waals surface area (Å²) in [5.74, 6) is 0.198. The van der Waals surface area contributed by atoms with E-state index in [1.807, 2.05) is 0 Å². The molecule has 0 saturated carbocycles. The van der Waals surface area contributed by atoms with Crippen molar-refractivity contribution in [2.75, 3.05) is 5.73 Å². The van der Waals surface area contributed by atoms with Crippen LogP contribution in [0.3, 0.4) is 0 Å². The van der Waals surface area contributed by atoms with Crippen molar-refractivity contribution in [2.45, 2.75) is 0 Å². The second kappa shape index (κ2) is 1.38. The Balaban J connectivity index is 3.12. The van der Waals surface area contributed by atoms with E-state index in [0.29, 0.717) is 0 Å². The Bertz CT molecular complexity index is 140. The van der Waals surface area contributed by atoms with E-state index in [1.54, 1.807) is 0 Å². The maximum Gasteiger partial charge on any atom is 0.250 e. The van der Waals surface area contributed by atoms with Crippen LogP contribution in [0.1, 0.15) is 0 Å². The standard InChI is InChI=1S/CH3N5S/c2-1-3-4-5-6(1)7/h7H,(H2,2,3,5). The van der Waals surface area contributed by atoms with Crippen molar-refractivity contribution in [3.8, 4) is 0 Å². The molecular formula is CH3N5S. The number of hydrogen-bond acceptors (Lipinski definition) is 5. The summed E-state index contributed by atoms with van der Waals surface area (Å²) in [6, 6.07) is 0. The molecule has 0 bridgehead atoms. The zero-order valence-corrected chi connectivity index (χ0v) is 4.21. The van der Waals surface area contributed by atoms with Gasteiger partial charge in [0.15, 0.2) is 0 Å². The SMILES string of the molecule is Nc1nnnn1S. The minimum Gasteiger partial charge on any atom is -0.366 e. The first-order chi connectivity index (χ1) is 3.30. The van der Waals surface area contributed by atoms with E-state index in [1.165, 1.54) is 0 Å². The van der Waals surface area contributed by atoms with E-state index in [9.17, 15) is 0 Å². The van der Waals surface area contributed by atoms with E-state index in [2.05, 4.69) is 28.3 Å². The Morgan fingerprint density at radius 1 is 1.71 bits per heavy atom. The van der Waals surface area contributed by atoms with Gasteiger partial charge in [0.05, 0.1) is 0 Å². The van der Waals surface area contributed by atoms with Crippen molar-refractivity contribution in [1.82, 2.24) is 19.6 Å². The molecular weight excluding hydrogens is 114 g/mol. The number of rotatable bonds is 0. The zero-order chi connectivity index (χ0) is 5.28.